The topological polar surface area (TPSA) is 63.3 Å². The number of hydrogen-bond donors (Lipinski definition) is 2. The molecule has 1 saturated carbocycles. The summed E-state index contributed by atoms with van der Waals surface area (Å²) < 4.78 is 0. The molecular formula is C15H29NO2. The molecule has 0 radical (unpaired) electrons. The van der Waals surface area contributed by atoms with Gasteiger partial charge in [0.15, 0.2) is 0 Å². The van der Waals surface area contributed by atoms with E-state index in [1.165, 1.54) is 44.9 Å². The summed E-state index contributed by atoms with van der Waals surface area (Å²) in [5.41, 5.74) is 5.48. The largest absolute Gasteiger partial charge is 0.481 e. The van der Waals surface area contributed by atoms with E-state index in [9.17, 15) is 4.79 Å². The third kappa shape index (κ3) is 5.85. The molecule has 0 bridgehead atoms. The van der Waals surface area contributed by atoms with Gasteiger partial charge < -0.3 is 10.8 Å². The van der Waals surface area contributed by atoms with Crippen LogP contribution in [0.1, 0.15) is 64.7 Å². The monoisotopic (exact) mass is 255 g/mol. The number of carbonyl (C=O) groups is 1. The van der Waals surface area contributed by atoms with Gasteiger partial charge in [-0.3, -0.25) is 4.79 Å². The molecule has 1 aliphatic carbocycles. The number of rotatable bonds is 9. The van der Waals surface area contributed by atoms with Gasteiger partial charge in [0.1, 0.15) is 0 Å². The molecule has 18 heavy (non-hydrogen) atoms. The first kappa shape index (κ1) is 15.5. The summed E-state index contributed by atoms with van der Waals surface area (Å²) in [6, 6.07) is 0. The molecule has 1 fully saturated rings. The highest BCUT2D eigenvalue weighted by Gasteiger charge is 2.19. The van der Waals surface area contributed by atoms with Crippen molar-refractivity contribution in [3.63, 3.8) is 0 Å². The number of carboxylic acids is 1. The third-order valence-electron chi connectivity index (χ3n) is 4.35. The van der Waals surface area contributed by atoms with E-state index in [0.29, 0.717) is 5.92 Å². The van der Waals surface area contributed by atoms with Gasteiger partial charge in [-0.25, -0.2) is 0 Å². The first-order valence-corrected chi connectivity index (χ1v) is 7.56. The van der Waals surface area contributed by atoms with Gasteiger partial charge in [-0.05, 0) is 18.3 Å². The Balaban J connectivity index is 2.05. The normalized spacial score (nSPS) is 19.9. The average Bonchev–Trinajstić information content (AvgIpc) is 2.84. The highest BCUT2D eigenvalue weighted by atomic mass is 16.4. The van der Waals surface area contributed by atoms with Gasteiger partial charge in [0.25, 0.3) is 0 Å². The number of carboxylic acid groups (broad SMARTS) is 1. The fourth-order valence-electron chi connectivity index (χ4n) is 3.13. The zero-order valence-electron chi connectivity index (χ0n) is 11.7. The third-order valence-corrected chi connectivity index (χ3v) is 4.35. The van der Waals surface area contributed by atoms with Crippen molar-refractivity contribution in [2.24, 2.45) is 23.5 Å². The van der Waals surface area contributed by atoms with Gasteiger partial charge in [-0.2, -0.15) is 0 Å². The van der Waals surface area contributed by atoms with E-state index in [1.807, 2.05) is 0 Å². The maximum absolute atomic E-state index is 10.9. The molecule has 0 saturated heterocycles. The predicted molar refractivity (Wildman–Crippen MR) is 74.4 cm³/mol. The Morgan fingerprint density at radius 2 is 2.00 bits per heavy atom. The van der Waals surface area contributed by atoms with Crippen LogP contribution in [0.4, 0.5) is 0 Å². The molecule has 106 valence electrons. The van der Waals surface area contributed by atoms with Crippen LogP contribution in [0.5, 0.6) is 0 Å². The SMILES string of the molecule is C[C@H](CCCCC1CCCC1)C[C@H](CN)C(=O)O. The first-order chi connectivity index (χ1) is 8.63. The van der Waals surface area contributed by atoms with Crippen LogP contribution in [0.3, 0.4) is 0 Å². The molecule has 0 unspecified atom stereocenters. The second-order valence-electron chi connectivity index (χ2n) is 6.05. The summed E-state index contributed by atoms with van der Waals surface area (Å²) in [7, 11) is 0. The molecule has 0 amide bonds. The summed E-state index contributed by atoms with van der Waals surface area (Å²) in [5, 5.41) is 8.96. The van der Waals surface area contributed by atoms with Gasteiger partial charge in [-0.15, -0.1) is 0 Å². The maximum atomic E-state index is 10.9. The molecule has 3 nitrogen and oxygen atoms in total. The Morgan fingerprint density at radius 3 is 2.56 bits per heavy atom. The quantitative estimate of drug-likeness (QED) is 0.620. The summed E-state index contributed by atoms with van der Waals surface area (Å²) >= 11 is 0. The van der Waals surface area contributed by atoms with E-state index in [2.05, 4.69) is 6.92 Å². The zero-order valence-corrected chi connectivity index (χ0v) is 11.7. The molecule has 3 N–H and O–H groups in total. The summed E-state index contributed by atoms with van der Waals surface area (Å²) in [4.78, 5) is 10.9. The summed E-state index contributed by atoms with van der Waals surface area (Å²) in [5.74, 6) is 0.375. The Kier molecular flexibility index (Phi) is 7.33. The minimum absolute atomic E-state index is 0.266. The van der Waals surface area contributed by atoms with E-state index in [1.54, 1.807) is 0 Å². The molecule has 0 aliphatic heterocycles. The smallest absolute Gasteiger partial charge is 0.307 e. The summed E-state index contributed by atoms with van der Waals surface area (Å²) in [6.07, 6.45) is 11.5. The molecular weight excluding hydrogens is 226 g/mol. The predicted octanol–water partition coefficient (Wildman–Crippen LogP) is 3.42. The second kappa shape index (κ2) is 8.52. The number of nitrogens with two attached hydrogens (primary N) is 1. The second-order valence-corrected chi connectivity index (χ2v) is 6.05. The lowest BCUT2D eigenvalue weighted by molar-refractivity contribution is -0.141. The number of aliphatic carboxylic acids is 1. The molecule has 1 rings (SSSR count). The Labute approximate surface area is 111 Å². The van der Waals surface area contributed by atoms with E-state index >= 15 is 0 Å². The van der Waals surface area contributed by atoms with Gasteiger partial charge in [-0.1, -0.05) is 58.3 Å². The van der Waals surface area contributed by atoms with Crippen LogP contribution >= 0.6 is 0 Å². The van der Waals surface area contributed by atoms with Gasteiger partial charge in [0, 0.05) is 6.54 Å². The number of hydrogen-bond acceptors (Lipinski definition) is 2. The maximum Gasteiger partial charge on any atom is 0.307 e. The standard InChI is InChI=1S/C15H29NO2/c1-12(10-14(11-16)15(17)18)6-2-3-7-13-8-4-5-9-13/h12-14H,2-11,16H2,1H3,(H,17,18)/t12-,14-/m1/s1. The molecule has 0 aromatic carbocycles. The van der Waals surface area contributed by atoms with Crippen LogP contribution in [0.25, 0.3) is 0 Å². The van der Waals surface area contributed by atoms with Crippen molar-refractivity contribution in [2.75, 3.05) is 6.54 Å². The lowest BCUT2D eigenvalue weighted by Crippen LogP contribution is -2.25. The van der Waals surface area contributed by atoms with Crippen molar-refractivity contribution in [1.82, 2.24) is 0 Å². The van der Waals surface area contributed by atoms with Crippen LogP contribution < -0.4 is 5.73 Å². The van der Waals surface area contributed by atoms with Crippen LogP contribution in [-0.2, 0) is 4.79 Å². The molecule has 1 aliphatic rings. The van der Waals surface area contributed by atoms with Crippen molar-refractivity contribution in [3.05, 3.63) is 0 Å². The van der Waals surface area contributed by atoms with E-state index in [0.717, 1.165) is 18.8 Å². The zero-order chi connectivity index (χ0) is 13.4. The van der Waals surface area contributed by atoms with Crippen molar-refractivity contribution in [2.45, 2.75) is 64.7 Å². The van der Waals surface area contributed by atoms with Crippen LogP contribution in [0.15, 0.2) is 0 Å². The average molecular weight is 255 g/mol. The lowest BCUT2D eigenvalue weighted by Gasteiger charge is -2.16. The fraction of sp³-hybridized carbons (Fsp3) is 0.933. The highest BCUT2D eigenvalue weighted by Crippen LogP contribution is 2.29. The highest BCUT2D eigenvalue weighted by molar-refractivity contribution is 5.70. The van der Waals surface area contributed by atoms with Crippen molar-refractivity contribution < 1.29 is 9.90 Å². The molecule has 0 spiro atoms. The Morgan fingerprint density at radius 1 is 1.33 bits per heavy atom. The van der Waals surface area contributed by atoms with E-state index < -0.39 is 5.97 Å². The van der Waals surface area contributed by atoms with Crippen LogP contribution in [0.2, 0.25) is 0 Å². The Hall–Kier alpha value is -0.570. The minimum Gasteiger partial charge on any atom is -0.481 e. The summed E-state index contributed by atoms with van der Waals surface area (Å²) in [6.45, 7) is 2.42. The van der Waals surface area contributed by atoms with Crippen LogP contribution in [-0.4, -0.2) is 17.6 Å². The van der Waals surface area contributed by atoms with Crippen molar-refractivity contribution in [3.8, 4) is 0 Å². The van der Waals surface area contributed by atoms with E-state index in [4.69, 9.17) is 10.8 Å². The lowest BCUT2D eigenvalue weighted by atomic mass is 9.90. The molecule has 2 atom stereocenters. The number of unbranched alkanes of at least 4 members (excludes halogenated alkanes) is 1. The van der Waals surface area contributed by atoms with Crippen molar-refractivity contribution in [1.29, 1.82) is 0 Å². The van der Waals surface area contributed by atoms with Gasteiger partial charge in [0.2, 0.25) is 0 Å². The molecule has 0 heterocycles. The van der Waals surface area contributed by atoms with Gasteiger partial charge in [0.05, 0.1) is 5.92 Å². The molecule has 0 aromatic rings. The van der Waals surface area contributed by atoms with Crippen LogP contribution in [0, 0.1) is 17.8 Å². The first-order valence-electron chi connectivity index (χ1n) is 7.56. The van der Waals surface area contributed by atoms with Gasteiger partial charge >= 0.3 is 5.97 Å². The molecule has 3 heteroatoms. The minimum atomic E-state index is -0.740. The molecule has 0 aromatic heterocycles. The van der Waals surface area contributed by atoms with E-state index in [-0.39, 0.29) is 12.5 Å². The Bertz CT molecular complexity index is 237. The van der Waals surface area contributed by atoms with Crippen molar-refractivity contribution >= 4 is 5.97 Å². The fourth-order valence-corrected chi connectivity index (χ4v) is 3.13.